The first-order valence-corrected chi connectivity index (χ1v) is 9.18. The Morgan fingerprint density at radius 3 is 2.36 bits per heavy atom. The lowest BCUT2D eigenvalue weighted by atomic mass is 10.2. The number of hydrogen-bond acceptors (Lipinski definition) is 9. The van der Waals surface area contributed by atoms with E-state index in [0.29, 0.717) is 0 Å². The van der Waals surface area contributed by atoms with Gasteiger partial charge in [-0.05, 0) is 22.6 Å². The number of pyridine rings is 2. The summed E-state index contributed by atoms with van der Waals surface area (Å²) in [6.07, 6.45) is 1.08. The molecule has 0 atom stereocenters. The molecule has 0 unspecified atom stereocenters. The van der Waals surface area contributed by atoms with Crippen molar-refractivity contribution in [1.82, 2.24) is 25.0 Å². The van der Waals surface area contributed by atoms with E-state index in [-0.39, 0.29) is 5.52 Å². The van der Waals surface area contributed by atoms with Crippen LogP contribution in [-0.2, 0) is 10.1 Å². The zero-order valence-electron chi connectivity index (χ0n) is 15.0. The second kappa shape index (κ2) is 8.73. The molecular formula is C13H15F3N6O5S. The van der Waals surface area contributed by atoms with Gasteiger partial charge >= 0.3 is 21.3 Å². The zero-order valence-corrected chi connectivity index (χ0v) is 15.8. The molecule has 0 aliphatic rings. The third-order valence-corrected chi connectivity index (χ3v) is 3.74. The molecule has 3 heterocycles. The Hall–Kier alpha value is -3.10. The van der Waals surface area contributed by atoms with Crippen LogP contribution in [0.1, 0.15) is 27.7 Å². The SMILES string of the molecule is CC.CC.O=[N+]([O-])c1c(OS(=O)(=O)C(F)(F)F)c2ncccc2n2nnnc12. The number of alkyl halides is 3. The molecule has 3 rings (SSSR count). The van der Waals surface area contributed by atoms with Crippen molar-refractivity contribution in [3.63, 3.8) is 0 Å². The summed E-state index contributed by atoms with van der Waals surface area (Å²) in [5, 5.41) is 21.2. The van der Waals surface area contributed by atoms with E-state index in [4.69, 9.17) is 0 Å². The van der Waals surface area contributed by atoms with Crippen LogP contribution in [-0.4, -0.2) is 43.9 Å². The van der Waals surface area contributed by atoms with E-state index in [0.717, 1.165) is 10.7 Å². The number of halogens is 3. The number of nitro groups is 1. The highest BCUT2D eigenvalue weighted by atomic mass is 32.2. The fourth-order valence-electron chi connectivity index (χ4n) is 1.85. The quantitative estimate of drug-likeness (QED) is 0.268. The molecule has 0 fully saturated rings. The molecule has 15 heteroatoms. The van der Waals surface area contributed by atoms with Gasteiger partial charge in [-0.3, -0.25) is 15.1 Å². The van der Waals surface area contributed by atoms with Gasteiger partial charge in [0.1, 0.15) is 5.52 Å². The third-order valence-electron chi connectivity index (χ3n) is 2.79. The van der Waals surface area contributed by atoms with E-state index in [1.165, 1.54) is 12.1 Å². The molecule has 0 spiro atoms. The number of nitrogens with zero attached hydrogens (tertiary/aromatic N) is 6. The minimum Gasteiger partial charge on any atom is -0.366 e. The van der Waals surface area contributed by atoms with Crippen LogP contribution in [0.25, 0.3) is 16.7 Å². The lowest BCUT2D eigenvalue weighted by Crippen LogP contribution is -2.28. The fourth-order valence-corrected chi connectivity index (χ4v) is 2.33. The molecule has 0 radical (unpaired) electrons. The normalized spacial score (nSPS) is 11.2. The molecule has 0 aliphatic heterocycles. The molecule has 3 aromatic rings. The van der Waals surface area contributed by atoms with Gasteiger partial charge in [0.05, 0.1) is 10.4 Å². The molecule has 0 N–H and O–H groups in total. The van der Waals surface area contributed by atoms with Gasteiger partial charge in [-0.2, -0.15) is 26.1 Å². The van der Waals surface area contributed by atoms with Crippen molar-refractivity contribution in [1.29, 1.82) is 0 Å². The highest BCUT2D eigenvalue weighted by molar-refractivity contribution is 7.88. The summed E-state index contributed by atoms with van der Waals surface area (Å²) in [5.74, 6) is -1.23. The van der Waals surface area contributed by atoms with E-state index in [1.807, 2.05) is 27.7 Å². The van der Waals surface area contributed by atoms with Crippen molar-refractivity contribution in [3.05, 3.63) is 28.4 Å². The number of fused-ring (bicyclic) bond motifs is 3. The van der Waals surface area contributed by atoms with Gasteiger partial charge in [-0.25, -0.2) is 0 Å². The van der Waals surface area contributed by atoms with E-state index < -0.39 is 43.2 Å². The van der Waals surface area contributed by atoms with Gasteiger partial charge < -0.3 is 4.18 Å². The Morgan fingerprint density at radius 2 is 1.82 bits per heavy atom. The van der Waals surface area contributed by atoms with Crippen LogP contribution in [0, 0.1) is 10.1 Å². The van der Waals surface area contributed by atoms with Crippen LogP contribution in [0.5, 0.6) is 5.75 Å². The molecule has 0 saturated heterocycles. The molecule has 0 aromatic carbocycles. The predicted molar refractivity (Wildman–Crippen MR) is 91.0 cm³/mol. The fraction of sp³-hybridized carbons (Fsp3) is 0.385. The molecule has 0 bridgehead atoms. The third kappa shape index (κ3) is 4.08. The average molecular weight is 424 g/mol. The predicted octanol–water partition coefficient (Wildman–Crippen LogP) is 2.86. The van der Waals surface area contributed by atoms with Crippen molar-refractivity contribution >= 4 is 32.5 Å². The zero-order chi connectivity index (χ0) is 21.7. The standard InChI is InChI=1S/C9H3F3N6O5S.2C2H6/c10-9(11,12)24(21,22)23-7-5-4(2-1-3-13-5)17-8(14-15-16-17)6(7)18(19)20;2*1-2/h1-3H;2*1-2H3. The van der Waals surface area contributed by atoms with Crippen molar-refractivity contribution in [2.75, 3.05) is 0 Å². The van der Waals surface area contributed by atoms with Crippen molar-refractivity contribution in [2.45, 2.75) is 33.2 Å². The smallest absolute Gasteiger partial charge is 0.366 e. The highest BCUT2D eigenvalue weighted by Crippen LogP contribution is 2.39. The molecule has 11 nitrogen and oxygen atoms in total. The van der Waals surface area contributed by atoms with Gasteiger partial charge in [-0.15, -0.1) is 5.10 Å². The van der Waals surface area contributed by atoms with Gasteiger partial charge in [0.15, 0.2) is 0 Å². The van der Waals surface area contributed by atoms with Crippen LogP contribution >= 0.6 is 0 Å². The summed E-state index contributed by atoms with van der Waals surface area (Å²) in [4.78, 5) is 13.7. The Labute approximate surface area is 156 Å². The average Bonchev–Trinajstić information content (AvgIpc) is 3.13. The number of aromatic nitrogens is 5. The minimum atomic E-state index is -6.17. The maximum absolute atomic E-state index is 12.6. The summed E-state index contributed by atoms with van der Waals surface area (Å²) in [6.45, 7) is 8.00. The van der Waals surface area contributed by atoms with E-state index >= 15 is 0 Å². The first kappa shape index (κ1) is 22.9. The van der Waals surface area contributed by atoms with E-state index in [2.05, 4.69) is 24.7 Å². The first-order chi connectivity index (χ1) is 13.1. The van der Waals surface area contributed by atoms with Gasteiger partial charge in [-0.1, -0.05) is 27.7 Å². The topological polar surface area (TPSA) is 142 Å². The molecule has 0 aliphatic carbocycles. The van der Waals surface area contributed by atoms with Crippen molar-refractivity contribution in [3.8, 4) is 5.75 Å². The molecular weight excluding hydrogens is 409 g/mol. The molecule has 0 saturated carbocycles. The Morgan fingerprint density at radius 1 is 1.21 bits per heavy atom. The summed E-state index contributed by atoms with van der Waals surface area (Å²) >= 11 is 0. The van der Waals surface area contributed by atoms with Crippen molar-refractivity contribution in [2.24, 2.45) is 0 Å². The summed E-state index contributed by atoms with van der Waals surface area (Å²) < 4.78 is 65.0. The summed E-state index contributed by atoms with van der Waals surface area (Å²) in [7, 11) is -6.17. The van der Waals surface area contributed by atoms with E-state index in [1.54, 1.807) is 0 Å². The second-order valence-electron chi connectivity index (χ2n) is 4.20. The van der Waals surface area contributed by atoms with Crippen LogP contribution in [0.2, 0.25) is 0 Å². The number of hydrogen-bond donors (Lipinski definition) is 0. The van der Waals surface area contributed by atoms with Crippen LogP contribution in [0.3, 0.4) is 0 Å². The summed E-state index contributed by atoms with van der Waals surface area (Å²) in [6, 6.07) is 2.61. The number of rotatable bonds is 3. The van der Waals surface area contributed by atoms with Gasteiger partial charge in [0, 0.05) is 6.20 Å². The maximum atomic E-state index is 12.6. The number of tetrazole rings is 1. The van der Waals surface area contributed by atoms with Gasteiger partial charge in [0.2, 0.25) is 0 Å². The largest absolute Gasteiger partial charge is 0.534 e. The summed E-state index contributed by atoms with van der Waals surface area (Å²) in [5.41, 5.74) is -8.18. The highest BCUT2D eigenvalue weighted by Gasteiger charge is 2.50. The molecule has 28 heavy (non-hydrogen) atoms. The Kier molecular flexibility index (Phi) is 7.15. The van der Waals surface area contributed by atoms with Crippen LogP contribution < -0.4 is 4.18 Å². The molecule has 154 valence electrons. The van der Waals surface area contributed by atoms with Crippen LogP contribution in [0.4, 0.5) is 18.9 Å². The van der Waals surface area contributed by atoms with Crippen LogP contribution in [0.15, 0.2) is 18.3 Å². The molecule has 3 aromatic heterocycles. The Bertz CT molecular complexity index is 1080. The lowest BCUT2D eigenvalue weighted by molar-refractivity contribution is -0.384. The van der Waals surface area contributed by atoms with Crippen molar-refractivity contribution < 1.29 is 30.7 Å². The Balaban J connectivity index is 0.000000921. The lowest BCUT2D eigenvalue weighted by Gasteiger charge is -2.11. The van der Waals surface area contributed by atoms with Gasteiger partial charge in [0.25, 0.3) is 11.4 Å². The van der Waals surface area contributed by atoms with E-state index in [9.17, 15) is 31.7 Å². The second-order valence-corrected chi connectivity index (χ2v) is 5.74. The molecule has 0 amide bonds. The monoisotopic (exact) mass is 424 g/mol. The maximum Gasteiger partial charge on any atom is 0.534 e. The minimum absolute atomic E-state index is 0.0875. The first-order valence-electron chi connectivity index (χ1n) is 7.77.